The predicted octanol–water partition coefficient (Wildman–Crippen LogP) is 2.13. The molecule has 0 radical (unpaired) electrons. The van der Waals surface area contributed by atoms with E-state index in [2.05, 4.69) is 28.5 Å². The molecule has 1 saturated heterocycles. The van der Waals surface area contributed by atoms with Crippen LogP contribution < -0.4 is 4.72 Å². The lowest BCUT2D eigenvalue weighted by atomic mass is 10.0. The summed E-state index contributed by atoms with van der Waals surface area (Å²) in [6, 6.07) is 8.56. The smallest absolute Gasteiger partial charge is 0.240 e. The summed E-state index contributed by atoms with van der Waals surface area (Å²) in [7, 11) is -3.47. The van der Waals surface area contributed by atoms with Crippen molar-refractivity contribution in [2.45, 2.75) is 44.2 Å². The van der Waals surface area contributed by atoms with Gasteiger partial charge in [0.25, 0.3) is 0 Å². The van der Waals surface area contributed by atoms with Crippen LogP contribution in [0.2, 0.25) is 0 Å². The zero-order valence-corrected chi connectivity index (χ0v) is 13.9. The lowest BCUT2D eigenvalue weighted by Crippen LogP contribution is -2.38. The summed E-state index contributed by atoms with van der Waals surface area (Å²) in [4.78, 5) is 7.04. The first-order valence-electron chi connectivity index (χ1n) is 7.47. The van der Waals surface area contributed by atoms with Gasteiger partial charge in [0.1, 0.15) is 5.84 Å². The monoisotopic (exact) mass is 319 g/mol. The lowest BCUT2D eigenvalue weighted by molar-refractivity contribution is 0.509. The fourth-order valence-corrected chi connectivity index (χ4v) is 4.34. The summed E-state index contributed by atoms with van der Waals surface area (Å²) in [5.74, 6) is 0.967. The first kappa shape index (κ1) is 15.2. The molecule has 0 saturated carbocycles. The molecule has 1 N–H and O–H groups in total. The SMILES string of the molecule is CC1=N[C@@H](C)C(C)=C2CC(NS(=O)(=O)c3ccccc3)CN12. The van der Waals surface area contributed by atoms with Crippen LogP contribution in [0.4, 0.5) is 0 Å². The van der Waals surface area contributed by atoms with E-state index in [0.29, 0.717) is 11.4 Å². The van der Waals surface area contributed by atoms with E-state index in [4.69, 9.17) is 0 Å². The maximum atomic E-state index is 12.4. The van der Waals surface area contributed by atoms with Gasteiger partial charge in [0.2, 0.25) is 10.0 Å². The molecule has 2 heterocycles. The number of benzene rings is 1. The van der Waals surface area contributed by atoms with Crippen LogP contribution in [0.1, 0.15) is 27.2 Å². The van der Waals surface area contributed by atoms with Crippen molar-refractivity contribution in [3.8, 4) is 0 Å². The van der Waals surface area contributed by atoms with Gasteiger partial charge >= 0.3 is 0 Å². The maximum absolute atomic E-state index is 12.4. The molecule has 118 valence electrons. The molecule has 3 rings (SSSR count). The molecule has 0 aromatic heterocycles. The van der Waals surface area contributed by atoms with Crippen LogP contribution in [-0.4, -0.2) is 37.8 Å². The Kier molecular flexibility index (Phi) is 3.82. The number of fused-ring (bicyclic) bond motifs is 1. The quantitative estimate of drug-likeness (QED) is 0.928. The molecule has 1 fully saturated rings. The second-order valence-corrected chi connectivity index (χ2v) is 7.64. The van der Waals surface area contributed by atoms with Gasteiger partial charge in [-0.2, -0.15) is 0 Å². The van der Waals surface area contributed by atoms with E-state index >= 15 is 0 Å². The fraction of sp³-hybridized carbons (Fsp3) is 0.438. The molecule has 1 aromatic carbocycles. The van der Waals surface area contributed by atoms with Crippen molar-refractivity contribution in [3.05, 3.63) is 41.6 Å². The second-order valence-electron chi connectivity index (χ2n) is 5.93. The summed E-state index contributed by atoms with van der Waals surface area (Å²) < 4.78 is 27.7. The van der Waals surface area contributed by atoms with Gasteiger partial charge in [0.15, 0.2) is 0 Å². The van der Waals surface area contributed by atoms with Gasteiger partial charge in [0, 0.05) is 24.7 Å². The van der Waals surface area contributed by atoms with Crippen molar-refractivity contribution in [3.63, 3.8) is 0 Å². The predicted molar refractivity (Wildman–Crippen MR) is 87.1 cm³/mol. The number of nitrogens with zero attached hydrogens (tertiary/aromatic N) is 2. The zero-order chi connectivity index (χ0) is 15.9. The summed E-state index contributed by atoms with van der Waals surface area (Å²) >= 11 is 0. The van der Waals surface area contributed by atoms with E-state index in [0.717, 1.165) is 12.3 Å². The molecule has 6 heteroatoms. The molecule has 0 aliphatic carbocycles. The van der Waals surface area contributed by atoms with Crippen LogP contribution in [0.25, 0.3) is 0 Å². The van der Waals surface area contributed by atoms with Gasteiger partial charge in [-0.05, 0) is 38.5 Å². The Hall–Kier alpha value is -1.66. The van der Waals surface area contributed by atoms with E-state index in [1.54, 1.807) is 24.3 Å². The number of sulfonamides is 1. The molecule has 5 nitrogen and oxygen atoms in total. The summed E-state index contributed by atoms with van der Waals surface area (Å²) in [5.41, 5.74) is 2.44. The average Bonchev–Trinajstić information content (AvgIpc) is 2.90. The molecule has 0 bridgehead atoms. The van der Waals surface area contributed by atoms with Crippen LogP contribution in [0.5, 0.6) is 0 Å². The second kappa shape index (κ2) is 5.52. The molecule has 1 unspecified atom stereocenters. The highest BCUT2D eigenvalue weighted by molar-refractivity contribution is 7.89. The van der Waals surface area contributed by atoms with E-state index in [9.17, 15) is 8.42 Å². The molecule has 2 atom stereocenters. The van der Waals surface area contributed by atoms with Gasteiger partial charge in [-0.25, -0.2) is 13.1 Å². The Morgan fingerprint density at radius 1 is 1.23 bits per heavy atom. The third-order valence-electron chi connectivity index (χ3n) is 4.40. The molecule has 2 aliphatic rings. The molecule has 1 aromatic rings. The van der Waals surface area contributed by atoms with Crippen LogP contribution in [-0.2, 0) is 10.0 Å². The fourth-order valence-electron chi connectivity index (χ4n) is 3.09. The molecular weight excluding hydrogens is 298 g/mol. The highest BCUT2D eigenvalue weighted by Crippen LogP contribution is 2.31. The number of nitrogens with one attached hydrogen (secondary N) is 1. The number of amidine groups is 1. The first-order valence-corrected chi connectivity index (χ1v) is 8.96. The largest absolute Gasteiger partial charge is 0.332 e. The van der Waals surface area contributed by atoms with Crippen molar-refractivity contribution in [2.75, 3.05) is 6.54 Å². The minimum Gasteiger partial charge on any atom is -0.332 e. The highest BCUT2D eigenvalue weighted by Gasteiger charge is 2.35. The number of rotatable bonds is 3. The topological polar surface area (TPSA) is 61.8 Å². The number of aliphatic imine (C=N–C) groups is 1. The summed E-state index contributed by atoms with van der Waals surface area (Å²) in [6.45, 7) is 6.78. The molecular formula is C16H21N3O2S. The van der Waals surface area contributed by atoms with E-state index < -0.39 is 10.0 Å². The van der Waals surface area contributed by atoms with Crippen LogP contribution in [0.15, 0.2) is 51.5 Å². The van der Waals surface area contributed by atoms with Gasteiger partial charge in [-0.1, -0.05) is 18.2 Å². The minimum atomic E-state index is -3.47. The zero-order valence-electron chi connectivity index (χ0n) is 13.1. The third kappa shape index (κ3) is 2.68. The van der Waals surface area contributed by atoms with E-state index in [-0.39, 0.29) is 12.1 Å². The van der Waals surface area contributed by atoms with Crippen LogP contribution in [0, 0.1) is 0 Å². The number of hydrogen-bond acceptors (Lipinski definition) is 4. The first-order chi connectivity index (χ1) is 10.4. The average molecular weight is 319 g/mol. The Bertz CT molecular complexity index is 738. The Balaban J connectivity index is 1.81. The Morgan fingerprint density at radius 2 is 1.91 bits per heavy atom. The Morgan fingerprint density at radius 3 is 2.59 bits per heavy atom. The summed E-state index contributed by atoms with van der Waals surface area (Å²) in [6.07, 6.45) is 0.717. The minimum absolute atomic E-state index is 0.120. The van der Waals surface area contributed by atoms with E-state index in [1.165, 1.54) is 11.3 Å². The molecule has 0 spiro atoms. The number of hydrogen-bond donors (Lipinski definition) is 1. The molecule has 22 heavy (non-hydrogen) atoms. The normalized spacial score (nSPS) is 25.2. The van der Waals surface area contributed by atoms with Gasteiger partial charge < -0.3 is 4.90 Å². The van der Waals surface area contributed by atoms with Crippen LogP contribution in [0.3, 0.4) is 0 Å². The Labute approximate surface area is 131 Å². The highest BCUT2D eigenvalue weighted by atomic mass is 32.2. The third-order valence-corrected chi connectivity index (χ3v) is 5.93. The van der Waals surface area contributed by atoms with Crippen molar-refractivity contribution >= 4 is 15.9 Å². The van der Waals surface area contributed by atoms with Crippen LogP contribution >= 0.6 is 0 Å². The van der Waals surface area contributed by atoms with Crippen molar-refractivity contribution in [1.29, 1.82) is 0 Å². The van der Waals surface area contributed by atoms with Gasteiger partial charge in [-0.15, -0.1) is 0 Å². The molecule has 2 aliphatic heterocycles. The van der Waals surface area contributed by atoms with Gasteiger partial charge in [-0.3, -0.25) is 4.99 Å². The van der Waals surface area contributed by atoms with Gasteiger partial charge in [0.05, 0.1) is 10.9 Å². The lowest BCUT2D eigenvalue weighted by Gasteiger charge is -2.28. The molecule has 0 amide bonds. The van der Waals surface area contributed by atoms with Crippen molar-refractivity contribution < 1.29 is 8.42 Å². The van der Waals surface area contributed by atoms with E-state index in [1.807, 2.05) is 13.0 Å². The standard InChI is InChI=1S/C16H21N3O2S/c1-11-12(2)17-13(3)19-10-14(9-16(11)19)18-22(20,21)15-7-5-4-6-8-15/h4-8,12,14,18H,9-10H2,1-3H3/t12-,14?/m0/s1. The van der Waals surface area contributed by atoms with Crippen molar-refractivity contribution in [2.24, 2.45) is 4.99 Å². The maximum Gasteiger partial charge on any atom is 0.240 e. The van der Waals surface area contributed by atoms with Crippen molar-refractivity contribution in [1.82, 2.24) is 9.62 Å². The summed E-state index contributed by atoms with van der Waals surface area (Å²) in [5, 5.41) is 0.